The molecule has 0 atom stereocenters. The molecule has 29 heavy (non-hydrogen) atoms. The van der Waals surface area contributed by atoms with Gasteiger partial charge in [0.1, 0.15) is 6.54 Å². The number of rotatable bonds is 5. The summed E-state index contributed by atoms with van der Waals surface area (Å²) in [6.07, 6.45) is 0. The van der Waals surface area contributed by atoms with Crippen molar-refractivity contribution in [3.05, 3.63) is 64.9 Å². The highest BCUT2D eigenvalue weighted by molar-refractivity contribution is 6.31. The van der Waals surface area contributed by atoms with E-state index in [2.05, 4.69) is 49.4 Å². The molecule has 1 fully saturated rings. The van der Waals surface area contributed by atoms with E-state index in [-0.39, 0.29) is 5.95 Å². The Bertz CT molecular complexity index is 972. The Hall–Kier alpha value is -2.90. The van der Waals surface area contributed by atoms with Gasteiger partial charge in [0, 0.05) is 16.4 Å². The standard InChI is InChI=1S/C21H24ClN7/c1-15-17(22)8-5-9-18(15)24-21-26-19(25-20(23)27-21)14-28-10-12-29(13-11-28)16-6-3-2-4-7-16/h2-9H,10-14H2,1H3,(H3,23,24,25,26,27)/p+1. The maximum Gasteiger partial charge on any atom is 0.232 e. The third-order valence-corrected chi connectivity index (χ3v) is 5.62. The zero-order valence-corrected chi connectivity index (χ0v) is 17.2. The van der Waals surface area contributed by atoms with E-state index in [0.29, 0.717) is 16.8 Å². The number of nitrogens with zero attached hydrogens (tertiary/aromatic N) is 4. The number of nitrogens with two attached hydrogens (primary N) is 1. The van der Waals surface area contributed by atoms with E-state index in [0.717, 1.165) is 44.0 Å². The highest BCUT2D eigenvalue weighted by atomic mass is 35.5. The Morgan fingerprint density at radius 3 is 2.55 bits per heavy atom. The number of hydrogen-bond donors (Lipinski definition) is 3. The van der Waals surface area contributed by atoms with Crippen LogP contribution in [0, 0.1) is 6.92 Å². The highest BCUT2D eigenvalue weighted by Crippen LogP contribution is 2.25. The second-order valence-corrected chi connectivity index (χ2v) is 7.63. The van der Waals surface area contributed by atoms with Crippen molar-refractivity contribution in [1.29, 1.82) is 0 Å². The Labute approximate surface area is 175 Å². The molecule has 8 heteroatoms. The molecule has 1 aliphatic rings. The summed E-state index contributed by atoms with van der Waals surface area (Å²) >= 11 is 6.20. The number of piperazine rings is 1. The molecule has 7 nitrogen and oxygen atoms in total. The van der Waals surface area contributed by atoms with E-state index in [9.17, 15) is 0 Å². The Balaban J connectivity index is 1.41. The summed E-state index contributed by atoms with van der Waals surface area (Å²) < 4.78 is 0. The summed E-state index contributed by atoms with van der Waals surface area (Å²) in [4.78, 5) is 17.0. The van der Waals surface area contributed by atoms with Gasteiger partial charge in [0.2, 0.25) is 11.9 Å². The van der Waals surface area contributed by atoms with Crippen LogP contribution in [-0.4, -0.2) is 41.1 Å². The second kappa shape index (κ2) is 8.63. The first-order valence-corrected chi connectivity index (χ1v) is 10.1. The monoisotopic (exact) mass is 410 g/mol. The number of benzene rings is 2. The van der Waals surface area contributed by atoms with Crippen LogP contribution in [0.1, 0.15) is 11.4 Å². The summed E-state index contributed by atoms with van der Waals surface area (Å²) in [6.45, 7) is 6.73. The zero-order chi connectivity index (χ0) is 20.2. The van der Waals surface area contributed by atoms with Gasteiger partial charge in [-0.05, 0) is 36.8 Å². The van der Waals surface area contributed by atoms with Crippen molar-refractivity contribution in [1.82, 2.24) is 15.0 Å². The van der Waals surface area contributed by atoms with E-state index in [1.54, 1.807) is 0 Å². The summed E-state index contributed by atoms with van der Waals surface area (Å²) in [6, 6.07) is 16.2. The van der Waals surface area contributed by atoms with Gasteiger partial charge in [0.15, 0.2) is 5.82 Å². The van der Waals surface area contributed by atoms with Gasteiger partial charge in [-0.2, -0.15) is 15.0 Å². The minimum Gasteiger partial charge on any atom is -0.368 e. The minimum atomic E-state index is 0.222. The number of quaternary nitrogens is 1. The lowest BCUT2D eigenvalue weighted by atomic mass is 10.2. The van der Waals surface area contributed by atoms with Gasteiger partial charge in [0.05, 0.1) is 26.2 Å². The first-order valence-electron chi connectivity index (χ1n) is 9.74. The van der Waals surface area contributed by atoms with Gasteiger partial charge in [-0.3, -0.25) is 0 Å². The maximum atomic E-state index is 6.20. The zero-order valence-electron chi connectivity index (χ0n) is 16.4. The topological polar surface area (TPSA) is 84.4 Å². The smallest absolute Gasteiger partial charge is 0.232 e. The van der Waals surface area contributed by atoms with Crippen molar-refractivity contribution in [2.75, 3.05) is 42.1 Å². The molecule has 2 aromatic carbocycles. The van der Waals surface area contributed by atoms with Gasteiger partial charge in [-0.15, -0.1) is 0 Å². The number of aromatic nitrogens is 3. The molecule has 150 valence electrons. The largest absolute Gasteiger partial charge is 0.368 e. The molecule has 0 aliphatic carbocycles. The molecule has 0 saturated carbocycles. The Morgan fingerprint density at radius 1 is 1.03 bits per heavy atom. The molecule has 1 saturated heterocycles. The Morgan fingerprint density at radius 2 is 1.79 bits per heavy atom. The predicted octanol–water partition coefficient (Wildman–Crippen LogP) is 2.06. The quantitative estimate of drug-likeness (QED) is 0.597. The number of para-hydroxylation sites is 1. The molecule has 3 aromatic rings. The molecular weight excluding hydrogens is 386 g/mol. The van der Waals surface area contributed by atoms with Crippen molar-refractivity contribution >= 4 is 34.9 Å². The van der Waals surface area contributed by atoms with Crippen LogP contribution in [0.5, 0.6) is 0 Å². The number of nitrogen functional groups attached to an aromatic ring is 1. The predicted molar refractivity (Wildman–Crippen MR) is 117 cm³/mol. The van der Waals surface area contributed by atoms with Crippen LogP contribution in [0.4, 0.5) is 23.3 Å². The molecule has 1 aromatic heterocycles. The van der Waals surface area contributed by atoms with Crippen LogP contribution >= 0.6 is 11.6 Å². The molecule has 0 bridgehead atoms. The van der Waals surface area contributed by atoms with E-state index in [1.807, 2.05) is 31.2 Å². The minimum absolute atomic E-state index is 0.222. The van der Waals surface area contributed by atoms with E-state index in [1.165, 1.54) is 10.6 Å². The molecule has 0 amide bonds. The van der Waals surface area contributed by atoms with E-state index < -0.39 is 0 Å². The fourth-order valence-corrected chi connectivity index (χ4v) is 3.73. The third-order valence-electron chi connectivity index (χ3n) is 5.21. The second-order valence-electron chi connectivity index (χ2n) is 7.22. The van der Waals surface area contributed by atoms with Crippen molar-refractivity contribution in [3.8, 4) is 0 Å². The van der Waals surface area contributed by atoms with E-state index >= 15 is 0 Å². The molecule has 4 rings (SSSR count). The average Bonchev–Trinajstić information content (AvgIpc) is 2.72. The highest BCUT2D eigenvalue weighted by Gasteiger charge is 2.21. The lowest BCUT2D eigenvalue weighted by Gasteiger charge is -2.33. The number of anilines is 4. The fourth-order valence-electron chi connectivity index (χ4n) is 3.56. The van der Waals surface area contributed by atoms with Crippen LogP contribution in [0.3, 0.4) is 0 Å². The first kappa shape index (κ1) is 19.4. The fraction of sp³-hybridized carbons (Fsp3) is 0.286. The van der Waals surface area contributed by atoms with Crippen molar-refractivity contribution in [2.24, 2.45) is 0 Å². The lowest BCUT2D eigenvalue weighted by Crippen LogP contribution is -3.13. The number of hydrogen-bond acceptors (Lipinski definition) is 6. The molecule has 4 N–H and O–H groups in total. The van der Waals surface area contributed by atoms with Gasteiger partial charge in [-0.25, -0.2) is 0 Å². The van der Waals surface area contributed by atoms with Gasteiger partial charge in [-0.1, -0.05) is 35.9 Å². The first-order chi connectivity index (χ1) is 14.1. The summed E-state index contributed by atoms with van der Waals surface area (Å²) in [5, 5.41) is 3.91. The van der Waals surface area contributed by atoms with Crippen LogP contribution in [-0.2, 0) is 6.54 Å². The van der Waals surface area contributed by atoms with Crippen LogP contribution < -0.4 is 20.9 Å². The van der Waals surface area contributed by atoms with Gasteiger partial charge in [0.25, 0.3) is 0 Å². The van der Waals surface area contributed by atoms with Crippen molar-refractivity contribution in [2.45, 2.75) is 13.5 Å². The lowest BCUT2D eigenvalue weighted by molar-refractivity contribution is -0.915. The van der Waals surface area contributed by atoms with Crippen LogP contribution in [0.25, 0.3) is 0 Å². The molecule has 2 heterocycles. The summed E-state index contributed by atoms with van der Waals surface area (Å²) in [7, 11) is 0. The molecule has 0 unspecified atom stereocenters. The third kappa shape index (κ3) is 4.75. The normalized spacial score (nSPS) is 14.8. The summed E-state index contributed by atoms with van der Waals surface area (Å²) in [5.74, 6) is 1.36. The molecular formula is C21H25ClN7+. The SMILES string of the molecule is Cc1c(Cl)cccc1Nc1nc(N)nc(C[NH+]2CCN(c3ccccc3)CC2)n1. The average molecular weight is 411 g/mol. The Kier molecular flexibility index (Phi) is 5.78. The van der Waals surface area contributed by atoms with Gasteiger partial charge >= 0.3 is 0 Å². The van der Waals surface area contributed by atoms with Gasteiger partial charge < -0.3 is 20.9 Å². The van der Waals surface area contributed by atoms with Crippen molar-refractivity contribution in [3.63, 3.8) is 0 Å². The maximum absolute atomic E-state index is 6.20. The number of halogens is 1. The van der Waals surface area contributed by atoms with Crippen LogP contribution in [0.15, 0.2) is 48.5 Å². The summed E-state index contributed by atoms with van der Waals surface area (Å²) in [5.41, 5.74) is 9.02. The van der Waals surface area contributed by atoms with E-state index in [4.69, 9.17) is 17.3 Å². The molecule has 1 aliphatic heterocycles. The van der Waals surface area contributed by atoms with Crippen LogP contribution in [0.2, 0.25) is 5.02 Å². The van der Waals surface area contributed by atoms with Crippen molar-refractivity contribution < 1.29 is 4.90 Å². The molecule has 0 spiro atoms. The molecule has 0 radical (unpaired) electrons. The number of nitrogens with one attached hydrogen (secondary N) is 2.